The Bertz CT molecular complexity index is 980. The molecule has 0 unspecified atom stereocenters. The molecule has 1 atom stereocenters. The summed E-state index contributed by atoms with van der Waals surface area (Å²) in [6.45, 7) is 16.3. The molecule has 1 aromatic rings. The van der Waals surface area contributed by atoms with Crippen LogP contribution < -0.4 is 10.2 Å². The molecule has 9 nitrogen and oxygen atoms in total. The standard InChI is InChI=1S/C30H49N5O4/c1-6-38-27(36)30(14-20-34(21-15-30)28(37)39-29(3,4)5)13-9-16-31-25-10-11-26(32-23(25)2)35-19-12-24(22-35)33-17-7-8-18-33/h10-11,24,31H,6-9,12-22H2,1-5H3/t24-/m1/s1. The molecule has 1 aromatic heterocycles. The molecule has 0 aliphatic carbocycles. The number of nitrogens with one attached hydrogen (secondary N) is 1. The Balaban J connectivity index is 1.27. The average Bonchev–Trinajstić information content (AvgIpc) is 3.59. The van der Waals surface area contributed by atoms with E-state index in [2.05, 4.69) is 34.2 Å². The number of aryl methyl sites for hydroxylation is 1. The van der Waals surface area contributed by atoms with Gasteiger partial charge in [0.25, 0.3) is 0 Å². The Hall–Kier alpha value is -2.55. The summed E-state index contributed by atoms with van der Waals surface area (Å²) in [7, 11) is 0. The van der Waals surface area contributed by atoms with Crippen molar-refractivity contribution in [3.05, 3.63) is 17.8 Å². The van der Waals surface area contributed by atoms with E-state index in [1.807, 2.05) is 27.7 Å². The van der Waals surface area contributed by atoms with E-state index in [-0.39, 0.29) is 12.1 Å². The van der Waals surface area contributed by atoms with Crippen molar-refractivity contribution in [2.45, 2.75) is 91.2 Å². The number of ether oxygens (including phenoxy) is 2. The van der Waals surface area contributed by atoms with Crippen LogP contribution >= 0.6 is 0 Å². The molecule has 1 N–H and O–H groups in total. The minimum atomic E-state index is -0.561. The Kier molecular flexibility index (Phi) is 9.62. The summed E-state index contributed by atoms with van der Waals surface area (Å²) < 4.78 is 11.0. The smallest absolute Gasteiger partial charge is 0.410 e. The average molecular weight is 544 g/mol. The molecule has 1 amide bonds. The summed E-state index contributed by atoms with van der Waals surface area (Å²) in [6.07, 6.45) is 6.31. The number of piperidine rings is 1. The summed E-state index contributed by atoms with van der Waals surface area (Å²) in [5.41, 5.74) is 0.949. The first-order chi connectivity index (χ1) is 18.6. The van der Waals surface area contributed by atoms with E-state index in [1.54, 1.807) is 4.90 Å². The van der Waals surface area contributed by atoms with Crippen LogP contribution in [0.1, 0.15) is 78.3 Å². The molecule has 4 heterocycles. The molecule has 3 fully saturated rings. The zero-order valence-electron chi connectivity index (χ0n) is 24.8. The highest BCUT2D eigenvalue weighted by Crippen LogP contribution is 2.38. The lowest BCUT2D eigenvalue weighted by atomic mass is 9.74. The van der Waals surface area contributed by atoms with Crippen molar-refractivity contribution in [1.82, 2.24) is 14.8 Å². The van der Waals surface area contributed by atoms with Crippen molar-refractivity contribution in [2.75, 3.05) is 62.6 Å². The Morgan fingerprint density at radius 1 is 1.10 bits per heavy atom. The van der Waals surface area contributed by atoms with Gasteiger partial charge in [-0.25, -0.2) is 9.78 Å². The molecule has 3 saturated heterocycles. The number of esters is 1. The second-order valence-corrected chi connectivity index (χ2v) is 12.4. The third-order valence-corrected chi connectivity index (χ3v) is 8.44. The van der Waals surface area contributed by atoms with Crippen molar-refractivity contribution >= 4 is 23.6 Å². The fraction of sp³-hybridized carbons (Fsp3) is 0.767. The zero-order valence-corrected chi connectivity index (χ0v) is 24.8. The fourth-order valence-corrected chi connectivity index (χ4v) is 6.20. The number of carbonyl (C=O) groups excluding carboxylic acids is 2. The molecule has 0 aromatic carbocycles. The lowest BCUT2D eigenvalue weighted by Crippen LogP contribution is -2.48. The predicted octanol–water partition coefficient (Wildman–Crippen LogP) is 4.84. The van der Waals surface area contributed by atoms with Crippen molar-refractivity contribution in [3.63, 3.8) is 0 Å². The van der Waals surface area contributed by atoms with Crippen LogP contribution in [0, 0.1) is 12.3 Å². The maximum atomic E-state index is 13.0. The van der Waals surface area contributed by atoms with Gasteiger partial charge in [-0.2, -0.15) is 0 Å². The fourth-order valence-electron chi connectivity index (χ4n) is 6.20. The molecule has 39 heavy (non-hydrogen) atoms. The lowest BCUT2D eigenvalue weighted by Gasteiger charge is -2.40. The zero-order chi connectivity index (χ0) is 28.0. The van der Waals surface area contributed by atoms with Gasteiger partial charge in [0.1, 0.15) is 11.4 Å². The van der Waals surface area contributed by atoms with Gasteiger partial charge < -0.3 is 24.6 Å². The molecular formula is C30H49N5O4. The van der Waals surface area contributed by atoms with Gasteiger partial charge in [-0.15, -0.1) is 0 Å². The first-order valence-electron chi connectivity index (χ1n) is 15.0. The van der Waals surface area contributed by atoms with Gasteiger partial charge in [-0.05, 0) is 105 Å². The number of amides is 1. The Morgan fingerprint density at radius 2 is 1.82 bits per heavy atom. The van der Waals surface area contributed by atoms with Crippen LogP contribution in [0.3, 0.4) is 0 Å². The highest BCUT2D eigenvalue weighted by atomic mass is 16.6. The minimum absolute atomic E-state index is 0.145. The van der Waals surface area contributed by atoms with Crippen molar-refractivity contribution in [2.24, 2.45) is 5.41 Å². The van der Waals surface area contributed by atoms with Gasteiger partial charge in [0.05, 0.1) is 23.4 Å². The lowest BCUT2D eigenvalue weighted by molar-refractivity contribution is -0.159. The number of rotatable bonds is 9. The van der Waals surface area contributed by atoms with Crippen LogP contribution in [0.2, 0.25) is 0 Å². The van der Waals surface area contributed by atoms with Crippen LogP contribution in [0.25, 0.3) is 0 Å². The molecule has 0 radical (unpaired) electrons. The Labute approximate surface area is 234 Å². The van der Waals surface area contributed by atoms with E-state index in [0.717, 1.165) is 49.7 Å². The second-order valence-electron chi connectivity index (χ2n) is 12.4. The van der Waals surface area contributed by atoms with Gasteiger partial charge in [0.15, 0.2) is 0 Å². The van der Waals surface area contributed by atoms with Gasteiger partial charge >= 0.3 is 12.1 Å². The molecular weight excluding hydrogens is 494 g/mol. The monoisotopic (exact) mass is 543 g/mol. The summed E-state index contributed by atoms with van der Waals surface area (Å²) in [6, 6.07) is 4.94. The molecule has 9 heteroatoms. The molecule has 3 aliphatic rings. The second kappa shape index (κ2) is 12.7. The van der Waals surface area contributed by atoms with Gasteiger partial charge in [-0.1, -0.05) is 0 Å². The molecule has 4 rings (SSSR count). The van der Waals surface area contributed by atoms with Crippen molar-refractivity contribution in [1.29, 1.82) is 0 Å². The highest BCUT2D eigenvalue weighted by molar-refractivity contribution is 5.77. The van der Waals surface area contributed by atoms with Crippen LogP contribution in [-0.2, 0) is 14.3 Å². The number of aromatic nitrogens is 1. The van der Waals surface area contributed by atoms with Crippen LogP contribution in [-0.4, -0.2) is 90.9 Å². The van der Waals surface area contributed by atoms with Gasteiger partial charge in [0.2, 0.25) is 0 Å². The SMILES string of the molecule is CCOC(=O)C1(CCCNc2ccc(N3CC[C@@H](N4CCCC4)C3)nc2C)CCN(C(=O)OC(C)(C)C)CC1. The van der Waals surface area contributed by atoms with E-state index < -0.39 is 11.0 Å². The van der Waals surface area contributed by atoms with Crippen LogP contribution in [0.5, 0.6) is 0 Å². The maximum Gasteiger partial charge on any atom is 0.410 e. The summed E-state index contributed by atoms with van der Waals surface area (Å²) in [4.78, 5) is 37.2. The van der Waals surface area contributed by atoms with E-state index in [1.165, 1.54) is 32.4 Å². The number of pyridine rings is 1. The van der Waals surface area contributed by atoms with Crippen LogP contribution in [0.4, 0.5) is 16.3 Å². The molecule has 0 saturated carbocycles. The largest absolute Gasteiger partial charge is 0.466 e. The summed E-state index contributed by atoms with van der Waals surface area (Å²) in [5.74, 6) is 0.923. The number of likely N-dealkylation sites (tertiary alicyclic amines) is 2. The van der Waals surface area contributed by atoms with Gasteiger partial charge in [-0.3, -0.25) is 9.69 Å². The molecule has 3 aliphatic heterocycles. The minimum Gasteiger partial charge on any atom is -0.466 e. The topological polar surface area (TPSA) is 87.2 Å². The van der Waals surface area contributed by atoms with Crippen molar-refractivity contribution in [3.8, 4) is 0 Å². The molecule has 218 valence electrons. The van der Waals surface area contributed by atoms with Crippen molar-refractivity contribution < 1.29 is 19.1 Å². The van der Waals surface area contributed by atoms with Crippen LogP contribution in [0.15, 0.2) is 12.1 Å². The van der Waals surface area contributed by atoms with E-state index in [9.17, 15) is 9.59 Å². The normalized spacial score (nSPS) is 21.7. The maximum absolute atomic E-state index is 13.0. The van der Waals surface area contributed by atoms with E-state index in [4.69, 9.17) is 14.5 Å². The number of hydrogen-bond acceptors (Lipinski definition) is 8. The number of anilines is 2. The first-order valence-corrected chi connectivity index (χ1v) is 15.0. The Morgan fingerprint density at radius 3 is 2.46 bits per heavy atom. The molecule has 0 spiro atoms. The van der Waals surface area contributed by atoms with E-state index in [0.29, 0.717) is 38.6 Å². The van der Waals surface area contributed by atoms with E-state index >= 15 is 0 Å². The first kappa shape index (κ1) is 29.4. The highest BCUT2D eigenvalue weighted by Gasteiger charge is 2.43. The third kappa shape index (κ3) is 7.56. The molecule has 0 bridgehead atoms. The van der Waals surface area contributed by atoms with Gasteiger partial charge in [0, 0.05) is 38.8 Å². The quantitative estimate of drug-likeness (QED) is 0.350. The predicted molar refractivity (Wildman–Crippen MR) is 154 cm³/mol. The number of carbonyl (C=O) groups is 2. The number of nitrogens with zero attached hydrogens (tertiary/aromatic N) is 4. The third-order valence-electron chi connectivity index (χ3n) is 8.44. The summed E-state index contributed by atoms with van der Waals surface area (Å²) in [5, 5.41) is 3.54. The number of hydrogen-bond donors (Lipinski definition) is 1. The summed E-state index contributed by atoms with van der Waals surface area (Å²) >= 11 is 0.